The van der Waals surface area contributed by atoms with Crippen LogP contribution >= 0.6 is 0 Å². The maximum Gasteiger partial charge on any atom is 0.240 e. The molecule has 0 aliphatic carbocycles. The lowest BCUT2D eigenvalue weighted by atomic mass is 10.5. The molecule has 0 spiro atoms. The summed E-state index contributed by atoms with van der Waals surface area (Å²) in [5.74, 6) is -0.186. The number of amides is 1. The van der Waals surface area contributed by atoms with E-state index in [4.69, 9.17) is 5.26 Å². The van der Waals surface area contributed by atoms with E-state index in [9.17, 15) is 4.79 Å². The monoisotopic (exact) mass is 164 g/mol. The molecule has 1 heterocycles. The molecule has 0 aromatic carbocycles. The van der Waals surface area contributed by atoms with Crippen molar-refractivity contribution in [2.24, 2.45) is 0 Å². The second kappa shape index (κ2) is 4.13. The van der Waals surface area contributed by atoms with E-state index in [0.717, 1.165) is 0 Å². The molecular weight excluding hydrogens is 156 g/mol. The van der Waals surface area contributed by atoms with Gasteiger partial charge in [-0.15, -0.1) is 0 Å². The van der Waals surface area contributed by atoms with Gasteiger partial charge in [-0.1, -0.05) is 0 Å². The predicted octanol–water partition coefficient (Wildman–Crippen LogP) is -0.477. The zero-order chi connectivity index (χ0) is 8.81. The molecule has 0 bridgehead atoms. The van der Waals surface area contributed by atoms with Crippen LogP contribution in [0.25, 0.3) is 0 Å². The zero-order valence-electron chi connectivity index (χ0n) is 6.40. The standard InChI is InChI=1S/C7H8N4O/c8-1-2-10-7(12)5-11-4-3-9-6-11/h3-4,6H,2,5H2,(H,10,12). The lowest BCUT2D eigenvalue weighted by Gasteiger charge is -2.00. The van der Waals surface area contributed by atoms with Gasteiger partial charge in [0.15, 0.2) is 0 Å². The first-order valence-corrected chi connectivity index (χ1v) is 3.42. The fraction of sp³-hybridized carbons (Fsp3) is 0.286. The van der Waals surface area contributed by atoms with Crippen molar-refractivity contribution in [2.45, 2.75) is 6.54 Å². The third-order valence-corrected chi connectivity index (χ3v) is 1.25. The Bertz CT molecular complexity index is 285. The van der Waals surface area contributed by atoms with Crippen molar-refractivity contribution in [3.05, 3.63) is 18.7 Å². The number of hydrogen-bond donors (Lipinski definition) is 1. The number of aromatic nitrogens is 2. The molecular formula is C7H8N4O. The van der Waals surface area contributed by atoms with Gasteiger partial charge in [-0.25, -0.2) is 4.98 Å². The highest BCUT2D eigenvalue weighted by atomic mass is 16.1. The van der Waals surface area contributed by atoms with Crippen LogP contribution < -0.4 is 5.32 Å². The van der Waals surface area contributed by atoms with Crippen molar-refractivity contribution < 1.29 is 4.79 Å². The maximum absolute atomic E-state index is 11.0. The van der Waals surface area contributed by atoms with Crippen molar-refractivity contribution in [2.75, 3.05) is 6.54 Å². The van der Waals surface area contributed by atoms with E-state index in [1.807, 2.05) is 6.07 Å². The minimum Gasteiger partial charge on any atom is -0.341 e. The number of carbonyl (C=O) groups excluding carboxylic acids is 1. The third kappa shape index (κ3) is 2.42. The van der Waals surface area contributed by atoms with Gasteiger partial charge in [0.1, 0.15) is 13.1 Å². The summed E-state index contributed by atoms with van der Waals surface area (Å²) in [5, 5.41) is 10.6. The summed E-state index contributed by atoms with van der Waals surface area (Å²) in [6.45, 7) is 0.259. The van der Waals surface area contributed by atoms with Gasteiger partial charge in [-0.2, -0.15) is 5.26 Å². The van der Waals surface area contributed by atoms with Crippen LogP contribution in [-0.4, -0.2) is 22.0 Å². The van der Waals surface area contributed by atoms with Crippen LogP contribution in [0.5, 0.6) is 0 Å². The minimum atomic E-state index is -0.186. The first kappa shape index (κ1) is 8.27. The lowest BCUT2D eigenvalue weighted by molar-refractivity contribution is -0.121. The summed E-state index contributed by atoms with van der Waals surface area (Å²) in [6.07, 6.45) is 4.83. The maximum atomic E-state index is 11.0. The molecule has 0 fully saturated rings. The lowest BCUT2D eigenvalue weighted by Crippen LogP contribution is -2.27. The molecule has 1 aromatic heterocycles. The summed E-state index contributed by atoms with van der Waals surface area (Å²) < 4.78 is 1.63. The minimum absolute atomic E-state index is 0.0491. The Morgan fingerprint density at radius 2 is 2.58 bits per heavy atom. The SMILES string of the molecule is N#CCNC(=O)Cn1ccnc1. The number of hydrogen-bond acceptors (Lipinski definition) is 3. The summed E-state index contributed by atoms with van der Waals surface area (Å²) in [7, 11) is 0. The van der Waals surface area contributed by atoms with E-state index < -0.39 is 0 Å². The number of nitriles is 1. The quantitative estimate of drug-likeness (QED) is 0.613. The van der Waals surface area contributed by atoms with Gasteiger partial charge in [0.25, 0.3) is 0 Å². The Balaban J connectivity index is 2.33. The van der Waals surface area contributed by atoms with E-state index in [2.05, 4.69) is 10.3 Å². The van der Waals surface area contributed by atoms with Crippen LogP contribution in [0.4, 0.5) is 0 Å². The molecule has 12 heavy (non-hydrogen) atoms. The summed E-state index contributed by atoms with van der Waals surface area (Å²) >= 11 is 0. The highest BCUT2D eigenvalue weighted by Gasteiger charge is 1.99. The van der Waals surface area contributed by atoms with Crippen LogP contribution in [0.2, 0.25) is 0 Å². The highest BCUT2D eigenvalue weighted by molar-refractivity contribution is 5.75. The fourth-order valence-electron chi connectivity index (χ4n) is 0.740. The highest BCUT2D eigenvalue weighted by Crippen LogP contribution is 1.84. The molecule has 0 aliphatic rings. The summed E-state index contributed by atoms with van der Waals surface area (Å²) in [4.78, 5) is 14.7. The van der Waals surface area contributed by atoms with Gasteiger partial charge in [-0.3, -0.25) is 4.79 Å². The van der Waals surface area contributed by atoms with E-state index in [0.29, 0.717) is 0 Å². The zero-order valence-corrected chi connectivity index (χ0v) is 6.40. The second-order valence-electron chi connectivity index (χ2n) is 2.17. The first-order chi connectivity index (χ1) is 5.83. The molecule has 1 amide bonds. The molecule has 5 nitrogen and oxygen atoms in total. The number of rotatable bonds is 3. The number of nitrogens with one attached hydrogen (secondary N) is 1. The fourth-order valence-corrected chi connectivity index (χ4v) is 0.740. The van der Waals surface area contributed by atoms with Gasteiger partial charge in [-0.05, 0) is 0 Å². The smallest absolute Gasteiger partial charge is 0.240 e. The normalized spacial score (nSPS) is 8.92. The molecule has 0 aliphatic heterocycles. The van der Waals surface area contributed by atoms with Crippen molar-refractivity contribution >= 4 is 5.91 Å². The van der Waals surface area contributed by atoms with Crippen LogP contribution in [0, 0.1) is 11.3 Å². The molecule has 0 saturated carbocycles. The Morgan fingerprint density at radius 1 is 1.75 bits per heavy atom. The first-order valence-electron chi connectivity index (χ1n) is 3.42. The average molecular weight is 164 g/mol. The van der Waals surface area contributed by atoms with Crippen LogP contribution in [0.1, 0.15) is 0 Å². The van der Waals surface area contributed by atoms with Gasteiger partial charge in [0, 0.05) is 12.4 Å². The topological polar surface area (TPSA) is 70.7 Å². The van der Waals surface area contributed by atoms with E-state index in [-0.39, 0.29) is 19.0 Å². The van der Waals surface area contributed by atoms with E-state index in [1.54, 1.807) is 23.3 Å². The summed E-state index contributed by atoms with van der Waals surface area (Å²) in [5.41, 5.74) is 0. The van der Waals surface area contributed by atoms with Crippen molar-refractivity contribution in [1.29, 1.82) is 5.26 Å². The van der Waals surface area contributed by atoms with Gasteiger partial charge < -0.3 is 9.88 Å². The number of nitrogens with zero attached hydrogens (tertiary/aromatic N) is 3. The van der Waals surface area contributed by atoms with Crippen LogP contribution in [0.3, 0.4) is 0 Å². The molecule has 0 atom stereocenters. The Morgan fingerprint density at radius 3 is 3.17 bits per heavy atom. The van der Waals surface area contributed by atoms with Gasteiger partial charge in [0.05, 0.1) is 12.4 Å². The Hall–Kier alpha value is -1.83. The number of imidazole rings is 1. The van der Waals surface area contributed by atoms with Gasteiger partial charge >= 0.3 is 0 Å². The third-order valence-electron chi connectivity index (χ3n) is 1.25. The van der Waals surface area contributed by atoms with Crippen LogP contribution in [0.15, 0.2) is 18.7 Å². The molecule has 1 N–H and O–H groups in total. The average Bonchev–Trinajstić information content (AvgIpc) is 2.53. The molecule has 62 valence electrons. The van der Waals surface area contributed by atoms with Crippen molar-refractivity contribution in [3.8, 4) is 6.07 Å². The molecule has 0 unspecified atom stereocenters. The van der Waals surface area contributed by atoms with E-state index >= 15 is 0 Å². The largest absolute Gasteiger partial charge is 0.341 e. The molecule has 0 saturated heterocycles. The predicted molar refractivity (Wildman–Crippen MR) is 40.8 cm³/mol. The Labute approximate surface area is 69.6 Å². The molecule has 1 aromatic rings. The second-order valence-corrected chi connectivity index (χ2v) is 2.17. The van der Waals surface area contributed by atoms with Crippen LogP contribution in [-0.2, 0) is 11.3 Å². The molecule has 5 heteroatoms. The van der Waals surface area contributed by atoms with Gasteiger partial charge in [0.2, 0.25) is 5.91 Å². The Kier molecular flexibility index (Phi) is 2.85. The molecule has 1 rings (SSSR count). The summed E-state index contributed by atoms with van der Waals surface area (Å²) in [6, 6.07) is 1.82. The number of carbonyl (C=O) groups is 1. The van der Waals surface area contributed by atoms with Crippen molar-refractivity contribution in [3.63, 3.8) is 0 Å². The van der Waals surface area contributed by atoms with Crippen molar-refractivity contribution in [1.82, 2.24) is 14.9 Å². The van der Waals surface area contributed by atoms with E-state index in [1.165, 1.54) is 0 Å². The molecule has 0 radical (unpaired) electrons.